The Bertz CT molecular complexity index is 1130. The van der Waals surface area contributed by atoms with Crippen molar-refractivity contribution in [2.24, 2.45) is 5.92 Å². The minimum Gasteiger partial charge on any atom is -0.480 e. The van der Waals surface area contributed by atoms with Crippen molar-refractivity contribution in [3.8, 4) is 0 Å². The van der Waals surface area contributed by atoms with Gasteiger partial charge in [0, 0.05) is 13.0 Å². The van der Waals surface area contributed by atoms with E-state index in [1.165, 1.54) is 0 Å². The summed E-state index contributed by atoms with van der Waals surface area (Å²) < 4.78 is 0. The lowest BCUT2D eigenvalue weighted by atomic mass is 10.0. The van der Waals surface area contributed by atoms with Crippen molar-refractivity contribution in [2.75, 3.05) is 6.54 Å². The molecular weight excluding hydrogens is 494 g/mol. The van der Waals surface area contributed by atoms with Gasteiger partial charge in [0.05, 0.1) is 16.4 Å². The number of rotatable bonds is 12. The fourth-order valence-electron chi connectivity index (χ4n) is 4.12. The summed E-state index contributed by atoms with van der Waals surface area (Å²) in [5.41, 5.74) is 1.40. The van der Waals surface area contributed by atoms with Gasteiger partial charge >= 0.3 is 5.97 Å². The Morgan fingerprint density at radius 1 is 0.865 bits per heavy atom. The number of hydrogen-bond acceptors (Lipinski definition) is 6. The zero-order chi connectivity index (χ0) is 27.1. The molecule has 0 saturated heterocycles. The number of amides is 4. The average molecular weight is 526 g/mol. The summed E-state index contributed by atoms with van der Waals surface area (Å²) >= 11 is 4.33. The number of imide groups is 1. The van der Waals surface area contributed by atoms with Crippen LogP contribution in [-0.4, -0.2) is 63.5 Å². The van der Waals surface area contributed by atoms with Gasteiger partial charge in [0.1, 0.15) is 12.1 Å². The van der Waals surface area contributed by atoms with Crippen LogP contribution < -0.4 is 10.6 Å². The number of aliphatic carboxylic acids is 1. The maximum absolute atomic E-state index is 13.0. The monoisotopic (exact) mass is 525 g/mol. The number of hydrogen-bond donors (Lipinski definition) is 4. The number of thiol groups is 1. The Balaban J connectivity index is 1.60. The molecule has 1 heterocycles. The third kappa shape index (κ3) is 7.19. The molecule has 0 fully saturated rings. The number of carbonyl (C=O) groups is 5. The molecule has 0 radical (unpaired) electrons. The van der Waals surface area contributed by atoms with E-state index in [0.717, 1.165) is 10.5 Å². The van der Waals surface area contributed by atoms with Crippen LogP contribution in [0.5, 0.6) is 0 Å². The molecule has 2 aromatic rings. The van der Waals surface area contributed by atoms with Crippen molar-refractivity contribution in [1.82, 2.24) is 15.5 Å². The molecule has 196 valence electrons. The first-order chi connectivity index (χ1) is 17.6. The van der Waals surface area contributed by atoms with E-state index < -0.39 is 46.9 Å². The van der Waals surface area contributed by atoms with Crippen LogP contribution in [0.2, 0.25) is 0 Å². The van der Waals surface area contributed by atoms with Gasteiger partial charge in [-0.2, -0.15) is 12.6 Å². The van der Waals surface area contributed by atoms with Gasteiger partial charge in [-0.15, -0.1) is 0 Å². The molecule has 10 heteroatoms. The van der Waals surface area contributed by atoms with E-state index in [2.05, 4.69) is 23.3 Å². The standard InChI is InChI=1S/C27H31N3O6S/c1-16(2)14-20(23(31)29-21(27(35)36)15-17-8-4-3-5-9-17)28-24(32)22(37)12-13-30-25(33)18-10-6-7-11-19(18)26(30)34/h3-11,16,20-22,37H,12-15H2,1-2H3,(H,28,32)(H,29,31)(H,35,36)/t20?,21-,22?/m0/s1. The number of carboxylic acids is 1. The summed E-state index contributed by atoms with van der Waals surface area (Å²) in [5, 5.41) is 13.9. The fraction of sp³-hybridized carbons (Fsp3) is 0.370. The van der Waals surface area contributed by atoms with Gasteiger partial charge in [-0.3, -0.25) is 24.1 Å². The predicted octanol–water partition coefficient (Wildman–Crippen LogP) is 2.31. The highest BCUT2D eigenvalue weighted by Gasteiger charge is 2.35. The van der Waals surface area contributed by atoms with Gasteiger partial charge in [0.2, 0.25) is 11.8 Å². The van der Waals surface area contributed by atoms with Crippen LogP contribution in [0.25, 0.3) is 0 Å². The quantitative estimate of drug-likeness (QED) is 0.248. The van der Waals surface area contributed by atoms with Crippen molar-refractivity contribution >= 4 is 42.2 Å². The Morgan fingerprint density at radius 2 is 1.41 bits per heavy atom. The molecule has 0 saturated carbocycles. The van der Waals surface area contributed by atoms with Crippen molar-refractivity contribution in [3.05, 3.63) is 71.3 Å². The van der Waals surface area contributed by atoms with Crippen molar-refractivity contribution < 1.29 is 29.1 Å². The van der Waals surface area contributed by atoms with Crippen molar-refractivity contribution in [3.63, 3.8) is 0 Å². The minimum atomic E-state index is -1.18. The third-order valence-corrected chi connectivity index (χ3v) is 6.54. The number of carbonyl (C=O) groups excluding carboxylic acids is 4. The summed E-state index contributed by atoms with van der Waals surface area (Å²) in [7, 11) is 0. The van der Waals surface area contributed by atoms with Crippen LogP contribution in [0, 0.1) is 5.92 Å². The van der Waals surface area contributed by atoms with Crippen LogP contribution >= 0.6 is 12.6 Å². The molecule has 9 nitrogen and oxygen atoms in total. The van der Waals surface area contributed by atoms with E-state index in [1.54, 1.807) is 48.5 Å². The van der Waals surface area contributed by atoms with E-state index >= 15 is 0 Å². The molecule has 3 atom stereocenters. The molecule has 0 spiro atoms. The smallest absolute Gasteiger partial charge is 0.326 e. The first-order valence-electron chi connectivity index (χ1n) is 12.1. The third-order valence-electron chi connectivity index (χ3n) is 6.04. The topological polar surface area (TPSA) is 133 Å². The summed E-state index contributed by atoms with van der Waals surface area (Å²) in [6.07, 6.45) is 0.468. The van der Waals surface area contributed by atoms with E-state index in [-0.39, 0.29) is 31.7 Å². The molecule has 0 bridgehead atoms. The molecular formula is C27H31N3O6S. The van der Waals surface area contributed by atoms with Gasteiger partial charge in [-0.1, -0.05) is 56.3 Å². The maximum atomic E-state index is 13.0. The zero-order valence-corrected chi connectivity index (χ0v) is 21.6. The second kappa shape index (κ2) is 12.5. The Labute approximate surface area is 221 Å². The Hall–Kier alpha value is -3.66. The first-order valence-corrected chi connectivity index (χ1v) is 12.6. The highest BCUT2D eigenvalue weighted by Crippen LogP contribution is 2.23. The molecule has 1 aliphatic rings. The van der Waals surface area contributed by atoms with E-state index in [1.807, 2.05) is 19.9 Å². The van der Waals surface area contributed by atoms with Crippen LogP contribution in [0.15, 0.2) is 54.6 Å². The van der Waals surface area contributed by atoms with E-state index in [4.69, 9.17) is 0 Å². The van der Waals surface area contributed by atoms with Crippen molar-refractivity contribution in [2.45, 2.75) is 50.4 Å². The Morgan fingerprint density at radius 3 is 1.95 bits per heavy atom. The number of carboxylic acid groups (broad SMARTS) is 1. The van der Waals surface area contributed by atoms with Gasteiger partial charge in [-0.05, 0) is 36.5 Å². The number of nitrogens with zero attached hydrogens (tertiary/aromatic N) is 1. The molecule has 4 amide bonds. The van der Waals surface area contributed by atoms with Gasteiger partial charge in [0.15, 0.2) is 0 Å². The second-order valence-corrected chi connectivity index (χ2v) is 10.0. The van der Waals surface area contributed by atoms with Gasteiger partial charge in [-0.25, -0.2) is 4.79 Å². The van der Waals surface area contributed by atoms with Crippen LogP contribution in [-0.2, 0) is 20.8 Å². The summed E-state index contributed by atoms with van der Waals surface area (Å²) in [6, 6.07) is 13.3. The van der Waals surface area contributed by atoms with Gasteiger partial charge < -0.3 is 15.7 Å². The van der Waals surface area contributed by atoms with Crippen LogP contribution in [0.1, 0.15) is 53.0 Å². The summed E-state index contributed by atoms with van der Waals surface area (Å²) in [6.45, 7) is 3.75. The number of benzene rings is 2. The van der Waals surface area contributed by atoms with Gasteiger partial charge in [0.25, 0.3) is 11.8 Å². The number of nitrogens with one attached hydrogen (secondary N) is 2. The average Bonchev–Trinajstić information content (AvgIpc) is 3.11. The normalized spacial score (nSPS) is 15.2. The predicted molar refractivity (Wildman–Crippen MR) is 140 cm³/mol. The molecule has 2 aromatic carbocycles. The highest BCUT2D eigenvalue weighted by molar-refractivity contribution is 7.81. The molecule has 3 N–H and O–H groups in total. The molecule has 0 aromatic heterocycles. The van der Waals surface area contributed by atoms with Crippen LogP contribution in [0.4, 0.5) is 0 Å². The summed E-state index contributed by atoms with van der Waals surface area (Å²) in [5.74, 6) is -3.14. The highest BCUT2D eigenvalue weighted by atomic mass is 32.1. The molecule has 3 rings (SSSR count). The van der Waals surface area contributed by atoms with Crippen molar-refractivity contribution in [1.29, 1.82) is 0 Å². The lowest BCUT2D eigenvalue weighted by Gasteiger charge is -2.24. The SMILES string of the molecule is CC(C)CC(NC(=O)C(S)CCN1C(=O)c2ccccc2C1=O)C(=O)N[C@@H](Cc1ccccc1)C(=O)O. The fourth-order valence-corrected chi connectivity index (χ4v) is 4.31. The van der Waals surface area contributed by atoms with E-state index in [9.17, 15) is 29.1 Å². The van der Waals surface area contributed by atoms with E-state index in [0.29, 0.717) is 11.1 Å². The summed E-state index contributed by atoms with van der Waals surface area (Å²) in [4.78, 5) is 63.8. The largest absolute Gasteiger partial charge is 0.480 e. The second-order valence-electron chi connectivity index (χ2n) is 9.39. The Kier molecular flexibility index (Phi) is 9.46. The lowest BCUT2D eigenvalue weighted by Crippen LogP contribution is -2.53. The molecule has 1 aliphatic heterocycles. The lowest BCUT2D eigenvalue weighted by molar-refractivity contribution is -0.142. The zero-order valence-electron chi connectivity index (χ0n) is 20.7. The van der Waals surface area contributed by atoms with Crippen LogP contribution in [0.3, 0.4) is 0 Å². The number of fused-ring (bicyclic) bond motifs is 1. The maximum Gasteiger partial charge on any atom is 0.326 e. The molecule has 0 aliphatic carbocycles. The molecule has 37 heavy (non-hydrogen) atoms. The molecule has 2 unspecified atom stereocenters. The first kappa shape index (κ1) is 27.9. The minimum absolute atomic E-state index is 0.00680.